The van der Waals surface area contributed by atoms with Gasteiger partial charge in [-0.05, 0) is 71.8 Å². The van der Waals surface area contributed by atoms with Gasteiger partial charge in [-0.25, -0.2) is 0 Å². The molecule has 0 bridgehead atoms. The fraction of sp³-hybridized carbons (Fsp3) is 0.0811. The van der Waals surface area contributed by atoms with Gasteiger partial charge < -0.3 is 0 Å². The Balaban J connectivity index is 1.40. The Morgan fingerprint density at radius 1 is 0.500 bits per heavy atom. The molecule has 0 atom stereocenters. The molecule has 1 heterocycles. The fourth-order valence-electron chi connectivity index (χ4n) is 7.31. The highest BCUT2D eigenvalue weighted by atomic mass is 32.1. The molecule has 178 valence electrons. The molecule has 38 heavy (non-hydrogen) atoms. The SMILES string of the molecule is CC1(C)c2cccc(-c3ccc4ccc5cccc6ccc3c4c56)c2-c2ccc3c(sc4ccccc43)c21. The predicted octanol–water partition coefficient (Wildman–Crippen LogP) is 10.9. The Labute approximate surface area is 225 Å². The summed E-state index contributed by atoms with van der Waals surface area (Å²) < 4.78 is 2.81. The predicted molar refractivity (Wildman–Crippen MR) is 166 cm³/mol. The van der Waals surface area contributed by atoms with E-state index in [1.165, 1.54) is 85.9 Å². The summed E-state index contributed by atoms with van der Waals surface area (Å²) in [6, 6.07) is 41.1. The third-order valence-electron chi connectivity index (χ3n) is 9.00. The molecule has 0 N–H and O–H groups in total. The zero-order valence-electron chi connectivity index (χ0n) is 21.3. The van der Waals surface area contributed by atoms with Crippen LogP contribution in [0.5, 0.6) is 0 Å². The van der Waals surface area contributed by atoms with Crippen molar-refractivity contribution in [2.24, 2.45) is 0 Å². The first kappa shape index (κ1) is 20.8. The first-order valence-corrected chi connectivity index (χ1v) is 14.2. The van der Waals surface area contributed by atoms with Crippen molar-refractivity contribution < 1.29 is 0 Å². The lowest BCUT2D eigenvalue weighted by atomic mass is 9.81. The van der Waals surface area contributed by atoms with Crippen molar-refractivity contribution in [3.05, 3.63) is 120 Å². The van der Waals surface area contributed by atoms with Gasteiger partial charge in [0.25, 0.3) is 0 Å². The van der Waals surface area contributed by atoms with E-state index in [4.69, 9.17) is 0 Å². The van der Waals surface area contributed by atoms with Gasteiger partial charge in [0.2, 0.25) is 0 Å². The van der Waals surface area contributed by atoms with E-state index in [1.54, 1.807) is 0 Å². The largest absolute Gasteiger partial charge is 0.135 e. The average molecular weight is 501 g/mol. The Kier molecular flexibility index (Phi) is 3.84. The molecule has 0 fully saturated rings. The fourth-order valence-corrected chi connectivity index (χ4v) is 8.72. The number of fused-ring (bicyclic) bond motifs is 7. The van der Waals surface area contributed by atoms with Crippen LogP contribution in [-0.4, -0.2) is 0 Å². The second-order valence-electron chi connectivity index (χ2n) is 11.3. The third-order valence-corrected chi connectivity index (χ3v) is 10.2. The highest BCUT2D eigenvalue weighted by Crippen LogP contribution is 2.56. The average Bonchev–Trinajstić information content (AvgIpc) is 3.44. The maximum absolute atomic E-state index is 2.41. The zero-order chi connectivity index (χ0) is 25.2. The summed E-state index contributed by atoms with van der Waals surface area (Å²) >= 11 is 1.95. The number of thiophene rings is 1. The maximum Gasteiger partial charge on any atom is 0.0402 e. The molecular weight excluding hydrogens is 476 g/mol. The van der Waals surface area contributed by atoms with Gasteiger partial charge in [0.05, 0.1) is 0 Å². The Bertz CT molecular complexity index is 2240. The summed E-state index contributed by atoms with van der Waals surface area (Å²) in [5.41, 5.74) is 8.31. The van der Waals surface area contributed by atoms with Gasteiger partial charge in [0.15, 0.2) is 0 Å². The summed E-state index contributed by atoms with van der Waals surface area (Å²) in [7, 11) is 0. The molecule has 0 nitrogen and oxygen atoms in total. The van der Waals surface area contributed by atoms with Crippen LogP contribution in [0.25, 0.3) is 74.7 Å². The first-order valence-electron chi connectivity index (χ1n) is 13.4. The van der Waals surface area contributed by atoms with Crippen molar-refractivity contribution in [3.8, 4) is 22.3 Å². The van der Waals surface area contributed by atoms with Crippen LogP contribution in [0.1, 0.15) is 25.0 Å². The standard InChI is InChI=1S/C37H24S/c1-37(2)30-11-6-10-26(34(30)29-20-19-28-25-9-3-4-12-31(25)38-36(28)35(29)37)24-17-15-23-14-13-21-7-5-8-22-16-18-27(24)33(23)32(21)22/h3-20H,1-2H3. The lowest BCUT2D eigenvalue weighted by Crippen LogP contribution is -2.15. The van der Waals surface area contributed by atoms with Crippen LogP contribution in [0, 0.1) is 0 Å². The van der Waals surface area contributed by atoms with Gasteiger partial charge in [-0.1, -0.05) is 117 Å². The number of hydrogen-bond donors (Lipinski definition) is 0. The van der Waals surface area contributed by atoms with Gasteiger partial charge >= 0.3 is 0 Å². The monoisotopic (exact) mass is 500 g/mol. The second-order valence-corrected chi connectivity index (χ2v) is 12.3. The van der Waals surface area contributed by atoms with Crippen molar-refractivity contribution in [3.63, 3.8) is 0 Å². The van der Waals surface area contributed by atoms with Gasteiger partial charge in [0.1, 0.15) is 0 Å². The molecule has 0 saturated heterocycles. The molecule has 1 aliphatic carbocycles. The van der Waals surface area contributed by atoms with Crippen LogP contribution in [0.3, 0.4) is 0 Å². The van der Waals surface area contributed by atoms with Crippen LogP contribution >= 0.6 is 11.3 Å². The van der Waals surface area contributed by atoms with Crippen LogP contribution in [0.4, 0.5) is 0 Å². The minimum absolute atomic E-state index is 0.0646. The van der Waals surface area contributed by atoms with Crippen molar-refractivity contribution in [2.45, 2.75) is 19.3 Å². The maximum atomic E-state index is 2.41. The molecule has 1 aromatic heterocycles. The number of rotatable bonds is 1. The van der Waals surface area contributed by atoms with Crippen molar-refractivity contribution >= 4 is 63.8 Å². The van der Waals surface area contributed by atoms with Crippen molar-refractivity contribution in [2.75, 3.05) is 0 Å². The highest BCUT2D eigenvalue weighted by molar-refractivity contribution is 7.26. The number of hydrogen-bond acceptors (Lipinski definition) is 1. The molecule has 0 radical (unpaired) electrons. The van der Waals surface area contributed by atoms with Crippen LogP contribution in [-0.2, 0) is 5.41 Å². The van der Waals surface area contributed by atoms with E-state index in [2.05, 4.69) is 123 Å². The summed E-state index contributed by atoms with van der Waals surface area (Å²) in [5.74, 6) is 0. The molecular formula is C37H24S. The molecule has 0 saturated carbocycles. The van der Waals surface area contributed by atoms with Gasteiger partial charge in [-0.3, -0.25) is 0 Å². The summed E-state index contributed by atoms with van der Waals surface area (Å²) in [6.45, 7) is 4.82. The van der Waals surface area contributed by atoms with E-state index in [0.717, 1.165) is 0 Å². The van der Waals surface area contributed by atoms with Crippen LogP contribution < -0.4 is 0 Å². The minimum Gasteiger partial charge on any atom is -0.135 e. The quantitative estimate of drug-likeness (QED) is 0.197. The summed E-state index contributed by atoms with van der Waals surface area (Å²) in [6.07, 6.45) is 0. The van der Waals surface area contributed by atoms with E-state index in [-0.39, 0.29) is 5.41 Å². The topological polar surface area (TPSA) is 0 Å². The Morgan fingerprint density at radius 2 is 1.18 bits per heavy atom. The zero-order valence-corrected chi connectivity index (χ0v) is 22.1. The van der Waals surface area contributed by atoms with E-state index in [0.29, 0.717) is 0 Å². The van der Waals surface area contributed by atoms with Crippen molar-refractivity contribution in [1.82, 2.24) is 0 Å². The van der Waals surface area contributed by atoms with Crippen LogP contribution in [0.15, 0.2) is 109 Å². The van der Waals surface area contributed by atoms with Crippen molar-refractivity contribution in [1.29, 1.82) is 0 Å². The molecule has 1 heteroatoms. The molecule has 1 aliphatic rings. The molecule has 0 spiro atoms. The highest BCUT2D eigenvalue weighted by Gasteiger charge is 2.39. The molecule has 0 aliphatic heterocycles. The third kappa shape index (κ3) is 2.46. The Hall–Kier alpha value is -4.20. The normalized spacial score (nSPS) is 14.3. The van der Waals surface area contributed by atoms with Gasteiger partial charge in [0, 0.05) is 25.6 Å². The second kappa shape index (κ2) is 7.01. The van der Waals surface area contributed by atoms with E-state index < -0.39 is 0 Å². The molecule has 0 unspecified atom stereocenters. The molecule has 9 rings (SSSR count). The van der Waals surface area contributed by atoms with Gasteiger partial charge in [-0.2, -0.15) is 0 Å². The summed E-state index contributed by atoms with van der Waals surface area (Å²) in [5, 5.41) is 10.8. The van der Waals surface area contributed by atoms with Gasteiger partial charge in [-0.15, -0.1) is 11.3 Å². The molecule has 7 aromatic carbocycles. The van der Waals surface area contributed by atoms with E-state index in [1.807, 2.05) is 11.3 Å². The van der Waals surface area contributed by atoms with E-state index in [9.17, 15) is 0 Å². The minimum atomic E-state index is -0.0646. The molecule has 8 aromatic rings. The summed E-state index contributed by atoms with van der Waals surface area (Å²) in [4.78, 5) is 0. The lowest BCUT2D eigenvalue weighted by Gasteiger charge is -2.22. The van der Waals surface area contributed by atoms with Crippen LogP contribution in [0.2, 0.25) is 0 Å². The van der Waals surface area contributed by atoms with E-state index >= 15 is 0 Å². The smallest absolute Gasteiger partial charge is 0.0402 e. The Morgan fingerprint density at radius 3 is 2.05 bits per heavy atom. The lowest BCUT2D eigenvalue weighted by molar-refractivity contribution is 0.667. The number of benzene rings is 7. The first-order chi connectivity index (χ1) is 18.6. The molecule has 0 amide bonds.